The monoisotopic (exact) mass is 164 g/mol. The molecule has 0 saturated carbocycles. The molecule has 1 nitrogen and oxygen atoms in total. The van der Waals surface area contributed by atoms with Crippen LogP contribution in [0.3, 0.4) is 0 Å². The van der Waals surface area contributed by atoms with Gasteiger partial charge >= 0.3 is 0 Å². The summed E-state index contributed by atoms with van der Waals surface area (Å²) in [6, 6.07) is 0. The molecule has 1 rings (SSSR count). The van der Waals surface area contributed by atoms with Crippen molar-refractivity contribution in [1.82, 2.24) is 0 Å². The molecular formula is C11H16O. The molecule has 0 fully saturated rings. The zero-order valence-electron chi connectivity index (χ0n) is 8.22. The van der Waals surface area contributed by atoms with Crippen LogP contribution in [0.4, 0.5) is 0 Å². The maximum absolute atomic E-state index is 11.6. The van der Waals surface area contributed by atoms with Crippen LogP contribution >= 0.6 is 0 Å². The molecule has 0 bridgehead atoms. The van der Waals surface area contributed by atoms with Crippen molar-refractivity contribution in [3.63, 3.8) is 0 Å². The molecule has 0 aromatic heterocycles. The first kappa shape index (κ1) is 9.24. The second kappa shape index (κ2) is 2.58. The van der Waals surface area contributed by atoms with Crippen molar-refractivity contribution in [3.8, 4) is 0 Å². The van der Waals surface area contributed by atoms with E-state index in [0.29, 0.717) is 0 Å². The SMILES string of the molecule is CC(C)(C)C1(C)C=CC=CC1=O. The van der Waals surface area contributed by atoms with Crippen LogP contribution in [0.15, 0.2) is 24.3 Å². The molecule has 0 aliphatic heterocycles. The van der Waals surface area contributed by atoms with Crippen LogP contribution in [0.1, 0.15) is 27.7 Å². The molecule has 0 spiro atoms. The van der Waals surface area contributed by atoms with Crippen molar-refractivity contribution in [2.45, 2.75) is 27.7 Å². The van der Waals surface area contributed by atoms with Gasteiger partial charge in [0.15, 0.2) is 5.78 Å². The lowest BCUT2D eigenvalue weighted by atomic mass is 9.64. The van der Waals surface area contributed by atoms with Crippen LogP contribution in [0.25, 0.3) is 0 Å². The molecule has 0 heterocycles. The van der Waals surface area contributed by atoms with Gasteiger partial charge in [0, 0.05) is 0 Å². The Bertz CT molecular complexity index is 253. The number of carbonyl (C=O) groups excluding carboxylic acids is 1. The summed E-state index contributed by atoms with van der Waals surface area (Å²) in [5.74, 6) is 0.206. The maximum atomic E-state index is 11.6. The van der Waals surface area contributed by atoms with Crippen LogP contribution in [0, 0.1) is 10.8 Å². The van der Waals surface area contributed by atoms with E-state index in [1.807, 2.05) is 19.1 Å². The van der Waals surface area contributed by atoms with E-state index in [-0.39, 0.29) is 16.6 Å². The number of rotatable bonds is 0. The lowest BCUT2D eigenvalue weighted by molar-refractivity contribution is -0.125. The fourth-order valence-corrected chi connectivity index (χ4v) is 1.27. The maximum Gasteiger partial charge on any atom is 0.165 e. The third kappa shape index (κ3) is 1.24. The summed E-state index contributed by atoms with van der Waals surface area (Å²) in [6.45, 7) is 8.27. The molecular weight excluding hydrogens is 148 g/mol. The second-order valence-electron chi connectivity index (χ2n) is 4.53. The van der Waals surface area contributed by atoms with Gasteiger partial charge in [-0.15, -0.1) is 0 Å². The quantitative estimate of drug-likeness (QED) is 0.538. The van der Waals surface area contributed by atoms with Crippen molar-refractivity contribution in [3.05, 3.63) is 24.3 Å². The van der Waals surface area contributed by atoms with E-state index in [0.717, 1.165) is 0 Å². The van der Waals surface area contributed by atoms with Crippen LogP contribution in [-0.2, 0) is 4.79 Å². The lowest BCUT2D eigenvalue weighted by Crippen LogP contribution is -2.38. The van der Waals surface area contributed by atoms with Gasteiger partial charge in [0.25, 0.3) is 0 Å². The average molecular weight is 164 g/mol. The Morgan fingerprint density at radius 1 is 1.25 bits per heavy atom. The zero-order valence-corrected chi connectivity index (χ0v) is 8.22. The minimum atomic E-state index is -0.332. The first-order valence-electron chi connectivity index (χ1n) is 4.28. The molecule has 1 unspecified atom stereocenters. The zero-order chi connectivity index (χ0) is 9.41. The summed E-state index contributed by atoms with van der Waals surface area (Å²) in [4.78, 5) is 11.6. The Kier molecular flexibility index (Phi) is 1.99. The fourth-order valence-electron chi connectivity index (χ4n) is 1.27. The molecule has 0 aromatic carbocycles. The molecule has 0 N–H and O–H groups in total. The van der Waals surface area contributed by atoms with Gasteiger partial charge in [-0.2, -0.15) is 0 Å². The van der Waals surface area contributed by atoms with Gasteiger partial charge in [-0.3, -0.25) is 4.79 Å². The third-order valence-corrected chi connectivity index (χ3v) is 2.86. The normalized spacial score (nSPS) is 29.5. The van der Waals surface area contributed by atoms with Crippen LogP contribution in [0.2, 0.25) is 0 Å². The van der Waals surface area contributed by atoms with E-state index >= 15 is 0 Å². The third-order valence-electron chi connectivity index (χ3n) is 2.86. The van der Waals surface area contributed by atoms with Gasteiger partial charge < -0.3 is 0 Å². The molecule has 0 radical (unpaired) electrons. The van der Waals surface area contributed by atoms with E-state index in [2.05, 4.69) is 20.8 Å². The predicted molar refractivity (Wildman–Crippen MR) is 50.8 cm³/mol. The van der Waals surface area contributed by atoms with Gasteiger partial charge in [0.1, 0.15) is 0 Å². The molecule has 1 atom stereocenters. The second-order valence-corrected chi connectivity index (χ2v) is 4.53. The lowest BCUT2D eigenvalue weighted by Gasteiger charge is -2.38. The summed E-state index contributed by atoms with van der Waals surface area (Å²) in [5.41, 5.74) is -0.340. The summed E-state index contributed by atoms with van der Waals surface area (Å²) in [5, 5.41) is 0. The number of carbonyl (C=O) groups is 1. The Morgan fingerprint density at radius 3 is 2.17 bits per heavy atom. The van der Waals surface area contributed by atoms with E-state index < -0.39 is 0 Å². The predicted octanol–water partition coefficient (Wildman–Crippen LogP) is 2.73. The summed E-state index contributed by atoms with van der Waals surface area (Å²) in [6.07, 6.45) is 7.41. The largest absolute Gasteiger partial charge is 0.294 e. The molecule has 0 amide bonds. The number of ketones is 1. The summed E-state index contributed by atoms with van der Waals surface area (Å²) >= 11 is 0. The number of allylic oxidation sites excluding steroid dienone is 4. The first-order valence-corrected chi connectivity index (χ1v) is 4.28. The van der Waals surface area contributed by atoms with E-state index in [1.165, 1.54) is 0 Å². The number of hydrogen-bond donors (Lipinski definition) is 0. The first-order chi connectivity index (χ1) is 5.38. The topological polar surface area (TPSA) is 17.1 Å². The number of hydrogen-bond acceptors (Lipinski definition) is 1. The highest BCUT2D eigenvalue weighted by Crippen LogP contribution is 2.41. The molecule has 66 valence electrons. The molecule has 1 aliphatic carbocycles. The average Bonchev–Trinajstić information content (AvgIpc) is 1.93. The Labute approximate surface area is 74.2 Å². The minimum Gasteiger partial charge on any atom is -0.294 e. The van der Waals surface area contributed by atoms with Gasteiger partial charge in [0.05, 0.1) is 5.41 Å². The van der Waals surface area contributed by atoms with Crippen molar-refractivity contribution in [2.75, 3.05) is 0 Å². The van der Waals surface area contributed by atoms with Gasteiger partial charge in [-0.25, -0.2) is 0 Å². The Balaban J connectivity index is 3.07. The summed E-state index contributed by atoms with van der Waals surface area (Å²) in [7, 11) is 0. The minimum absolute atomic E-state index is 0.00859. The van der Waals surface area contributed by atoms with Crippen molar-refractivity contribution in [1.29, 1.82) is 0 Å². The van der Waals surface area contributed by atoms with Gasteiger partial charge in [0.2, 0.25) is 0 Å². The molecule has 0 saturated heterocycles. The molecule has 0 aromatic rings. The van der Waals surface area contributed by atoms with Crippen molar-refractivity contribution in [2.24, 2.45) is 10.8 Å². The van der Waals surface area contributed by atoms with Crippen molar-refractivity contribution >= 4 is 5.78 Å². The van der Waals surface area contributed by atoms with Crippen molar-refractivity contribution < 1.29 is 4.79 Å². The molecule has 12 heavy (non-hydrogen) atoms. The van der Waals surface area contributed by atoms with Gasteiger partial charge in [-0.05, 0) is 18.4 Å². The van der Waals surface area contributed by atoms with Crippen LogP contribution < -0.4 is 0 Å². The van der Waals surface area contributed by atoms with Crippen LogP contribution in [-0.4, -0.2) is 5.78 Å². The highest BCUT2D eigenvalue weighted by atomic mass is 16.1. The Morgan fingerprint density at radius 2 is 1.83 bits per heavy atom. The fraction of sp³-hybridized carbons (Fsp3) is 0.545. The highest BCUT2D eigenvalue weighted by molar-refractivity contribution is 5.98. The standard InChI is InChI=1S/C11H16O/c1-10(2,3)11(4)8-6-5-7-9(11)12/h5-8H,1-4H3. The van der Waals surface area contributed by atoms with Gasteiger partial charge in [-0.1, -0.05) is 39.0 Å². The van der Waals surface area contributed by atoms with Crippen LogP contribution in [0.5, 0.6) is 0 Å². The Hall–Kier alpha value is -0.850. The smallest absolute Gasteiger partial charge is 0.165 e. The molecule has 1 aliphatic rings. The van der Waals surface area contributed by atoms with E-state index in [1.54, 1.807) is 12.2 Å². The summed E-state index contributed by atoms with van der Waals surface area (Å²) < 4.78 is 0. The van der Waals surface area contributed by atoms with E-state index in [4.69, 9.17) is 0 Å². The highest BCUT2D eigenvalue weighted by Gasteiger charge is 2.41. The molecule has 1 heteroatoms. The van der Waals surface area contributed by atoms with E-state index in [9.17, 15) is 4.79 Å².